The van der Waals surface area contributed by atoms with Gasteiger partial charge in [0.05, 0.1) is 23.6 Å². The third-order valence-corrected chi connectivity index (χ3v) is 7.33. The van der Waals surface area contributed by atoms with Crippen LogP contribution >= 0.6 is 22.9 Å². The van der Waals surface area contributed by atoms with Gasteiger partial charge < -0.3 is 24.3 Å². The lowest BCUT2D eigenvalue weighted by atomic mass is 10.2. The Balaban J connectivity index is 1.37. The molecule has 1 N–H and O–H groups in total. The van der Waals surface area contributed by atoms with Gasteiger partial charge >= 0.3 is 11.9 Å². The Morgan fingerprint density at radius 1 is 1.00 bits per heavy atom. The molecule has 0 saturated carbocycles. The molecular weight excluding hydrogens is 585 g/mol. The average Bonchev–Trinajstić information content (AvgIpc) is 3.34. The normalized spacial score (nSPS) is 11.1. The van der Waals surface area contributed by atoms with E-state index in [9.17, 15) is 14.0 Å². The van der Waals surface area contributed by atoms with E-state index in [1.807, 2.05) is 6.07 Å². The molecule has 5 rings (SSSR count). The maximum Gasteiger partial charge on any atom is 0.359 e. The fraction of sp³-hybridized carbons (Fsp3) is 0.200. The summed E-state index contributed by atoms with van der Waals surface area (Å²) < 4.78 is 35.7. The highest BCUT2D eigenvalue weighted by Gasteiger charge is 2.32. The van der Waals surface area contributed by atoms with Crippen molar-refractivity contribution in [1.82, 2.24) is 9.97 Å². The van der Waals surface area contributed by atoms with Crippen molar-refractivity contribution in [3.8, 4) is 11.5 Å². The van der Waals surface area contributed by atoms with Crippen LogP contribution in [0.4, 0.5) is 15.9 Å². The van der Waals surface area contributed by atoms with E-state index in [2.05, 4.69) is 15.3 Å². The lowest BCUT2D eigenvalue weighted by Crippen LogP contribution is -2.38. The lowest BCUT2D eigenvalue weighted by Gasteiger charge is -2.16. The number of esters is 2. The monoisotopic (exact) mass is 609 g/mol. The van der Waals surface area contributed by atoms with Crippen molar-refractivity contribution in [2.75, 3.05) is 18.5 Å². The maximum absolute atomic E-state index is 13.5. The summed E-state index contributed by atoms with van der Waals surface area (Å²) in [5, 5.41) is 5.28. The number of rotatable bonds is 11. The van der Waals surface area contributed by atoms with Crippen LogP contribution < -0.4 is 14.8 Å². The first-order valence-electron chi connectivity index (χ1n) is 13.0. The highest BCUT2D eigenvalue weighted by Crippen LogP contribution is 2.39. The number of benzene rings is 3. The predicted molar refractivity (Wildman–Crippen MR) is 158 cm³/mol. The van der Waals surface area contributed by atoms with E-state index in [-0.39, 0.29) is 25.6 Å². The van der Waals surface area contributed by atoms with Crippen molar-refractivity contribution in [3.63, 3.8) is 0 Å². The zero-order valence-corrected chi connectivity index (χ0v) is 24.1. The number of aromatic nitrogens is 2. The van der Waals surface area contributed by atoms with Crippen LogP contribution in [0, 0.1) is 5.82 Å². The Labute approximate surface area is 249 Å². The van der Waals surface area contributed by atoms with Crippen LogP contribution in [0.1, 0.15) is 19.4 Å². The number of hydrogen-bond acceptors (Lipinski definition) is 10. The second kappa shape index (κ2) is 13.0. The first kappa shape index (κ1) is 29.0. The van der Waals surface area contributed by atoms with E-state index < -0.39 is 18.0 Å². The van der Waals surface area contributed by atoms with Gasteiger partial charge in [-0.1, -0.05) is 23.7 Å². The molecule has 3 aromatic carbocycles. The van der Waals surface area contributed by atoms with E-state index in [1.54, 1.807) is 56.3 Å². The molecule has 0 bridgehead atoms. The summed E-state index contributed by atoms with van der Waals surface area (Å²) in [7, 11) is 0. The first-order chi connectivity index (χ1) is 20.4. The molecule has 2 aromatic heterocycles. The number of nitrogens with one attached hydrogen (secondary N) is 1. The van der Waals surface area contributed by atoms with Crippen molar-refractivity contribution < 1.29 is 32.9 Å². The van der Waals surface area contributed by atoms with E-state index in [0.29, 0.717) is 38.4 Å². The highest BCUT2D eigenvalue weighted by molar-refractivity contribution is 7.25. The molecule has 0 aliphatic carbocycles. The van der Waals surface area contributed by atoms with Crippen LogP contribution in [0.3, 0.4) is 0 Å². The number of hydrogen-bond donors (Lipinski definition) is 1. The molecule has 12 heteroatoms. The number of halogens is 2. The Hall–Kier alpha value is -4.48. The van der Waals surface area contributed by atoms with Gasteiger partial charge in [-0.15, -0.1) is 11.3 Å². The van der Waals surface area contributed by atoms with E-state index >= 15 is 0 Å². The molecule has 0 spiro atoms. The molecule has 0 saturated heterocycles. The quantitative estimate of drug-likeness (QED) is 0.127. The van der Waals surface area contributed by atoms with Gasteiger partial charge in [0.15, 0.2) is 0 Å². The Morgan fingerprint density at radius 2 is 1.79 bits per heavy atom. The molecule has 0 aliphatic heterocycles. The molecule has 42 heavy (non-hydrogen) atoms. The van der Waals surface area contributed by atoms with Crippen LogP contribution in [0.25, 0.3) is 20.3 Å². The van der Waals surface area contributed by atoms with Gasteiger partial charge in [-0.05, 0) is 67.9 Å². The Bertz CT molecular complexity index is 1750. The van der Waals surface area contributed by atoms with Gasteiger partial charge in [0.25, 0.3) is 6.10 Å². The van der Waals surface area contributed by atoms with Crippen molar-refractivity contribution in [1.29, 1.82) is 0 Å². The van der Waals surface area contributed by atoms with Crippen molar-refractivity contribution >= 4 is 66.7 Å². The van der Waals surface area contributed by atoms with Gasteiger partial charge in [-0.3, -0.25) is 0 Å². The molecule has 0 atom stereocenters. The molecule has 0 unspecified atom stereocenters. The summed E-state index contributed by atoms with van der Waals surface area (Å²) >= 11 is 7.88. The van der Waals surface area contributed by atoms with Crippen LogP contribution in [0.15, 0.2) is 67.0 Å². The summed E-state index contributed by atoms with van der Waals surface area (Å²) in [4.78, 5) is 34.3. The number of anilines is 2. The minimum Gasteiger partial charge on any atom is -0.487 e. The van der Waals surface area contributed by atoms with Gasteiger partial charge in [0.1, 0.15) is 40.9 Å². The molecule has 0 radical (unpaired) electrons. The van der Waals surface area contributed by atoms with Crippen LogP contribution in [-0.4, -0.2) is 41.2 Å². The van der Waals surface area contributed by atoms with Crippen molar-refractivity contribution in [2.24, 2.45) is 0 Å². The average molecular weight is 610 g/mol. The molecule has 9 nitrogen and oxygen atoms in total. The van der Waals surface area contributed by atoms with Gasteiger partial charge in [0.2, 0.25) is 0 Å². The lowest BCUT2D eigenvalue weighted by molar-refractivity contribution is -0.166. The Morgan fingerprint density at radius 3 is 2.50 bits per heavy atom. The number of ether oxygens (including phenoxy) is 4. The van der Waals surface area contributed by atoms with Crippen LogP contribution in [-0.2, 0) is 25.7 Å². The van der Waals surface area contributed by atoms with Crippen LogP contribution in [0.5, 0.6) is 11.5 Å². The summed E-state index contributed by atoms with van der Waals surface area (Å²) in [6.07, 6.45) is -0.0908. The molecule has 5 aromatic rings. The zero-order chi connectivity index (χ0) is 29.6. The maximum atomic E-state index is 13.5. The minimum absolute atomic E-state index is 0.0950. The standard InChI is InChI=1S/C30H25ClFN3O6S/c1-3-38-29(36)26(30(37)39-4-2)41-20-9-10-21-24(14-20)42-28-25(21)27(33-16-34-28)35-19-8-11-23(22(31)13-19)40-15-17-6-5-7-18(32)12-17/h5-14,16,26H,3-4,15H2,1-2H3,(H,33,34,35). The molecule has 216 valence electrons. The molecule has 0 amide bonds. The molecular formula is C30H25ClFN3O6S. The summed E-state index contributed by atoms with van der Waals surface area (Å²) in [6.45, 7) is 3.64. The first-order valence-corrected chi connectivity index (χ1v) is 14.2. The smallest absolute Gasteiger partial charge is 0.359 e. The van der Waals surface area contributed by atoms with E-state index in [1.165, 1.54) is 29.8 Å². The highest BCUT2D eigenvalue weighted by atomic mass is 35.5. The topological polar surface area (TPSA) is 109 Å². The van der Waals surface area contributed by atoms with E-state index in [0.717, 1.165) is 15.5 Å². The fourth-order valence-corrected chi connectivity index (χ4v) is 5.45. The number of carbonyl (C=O) groups excluding carboxylic acids is 2. The van der Waals surface area contributed by atoms with Crippen molar-refractivity contribution in [2.45, 2.75) is 26.6 Å². The van der Waals surface area contributed by atoms with Crippen LogP contribution in [0.2, 0.25) is 5.02 Å². The number of carbonyl (C=O) groups is 2. The fourth-order valence-electron chi connectivity index (χ4n) is 4.14. The molecule has 0 aliphatic rings. The number of nitrogens with zero attached hydrogens (tertiary/aromatic N) is 2. The summed E-state index contributed by atoms with van der Waals surface area (Å²) in [6, 6.07) is 16.6. The minimum atomic E-state index is -1.54. The number of thiophene rings is 1. The third kappa shape index (κ3) is 6.53. The predicted octanol–water partition coefficient (Wildman–Crippen LogP) is 6.83. The summed E-state index contributed by atoms with van der Waals surface area (Å²) in [5.41, 5.74) is 1.36. The van der Waals surface area contributed by atoms with Crippen molar-refractivity contribution in [3.05, 3.63) is 83.4 Å². The van der Waals surface area contributed by atoms with Gasteiger partial charge in [-0.25, -0.2) is 23.9 Å². The molecule has 0 fully saturated rings. The zero-order valence-electron chi connectivity index (χ0n) is 22.6. The summed E-state index contributed by atoms with van der Waals surface area (Å²) in [5.74, 6) is -0.678. The Kier molecular flexibility index (Phi) is 8.99. The second-order valence-electron chi connectivity index (χ2n) is 8.85. The third-order valence-electron chi connectivity index (χ3n) is 5.97. The molecule has 2 heterocycles. The SMILES string of the molecule is CCOC(=O)C(Oc1ccc2c(c1)sc1ncnc(Nc3ccc(OCc4cccc(F)c4)c(Cl)c3)c12)C(=O)OCC. The van der Waals surface area contributed by atoms with E-state index in [4.69, 9.17) is 30.5 Å². The largest absolute Gasteiger partial charge is 0.487 e. The van der Waals surface area contributed by atoms with Gasteiger partial charge in [0, 0.05) is 15.8 Å². The number of fused-ring (bicyclic) bond motifs is 3. The van der Waals surface area contributed by atoms with Gasteiger partial charge in [-0.2, -0.15) is 0 Å². The second-order valence-corrected chi connectivity index (χ2v) is 10.3.